The molecule has 5 rings (SSSR count). The van der Waals surface area contributed by atoms with E-state index in [1.54, 1.807) is 0 Å². The highest BCUT2D eigenvalue weighted by molar-refractivity contribution is 5.94. The molecule has 0 unspecified atom stereocenters. The largest absolute Gasteiger partial charge is 0.328 e. The second kappa shape index (κ2) is 13.9. The number of carbonyl (C=O) groups excluding carboxylic acids is 1. The van der Waals surface area contributed by atoms with Crippen molar-refractivity contribution in [3.8, 4) is 11.3 Å². The molecular weight excluding hydrogens is 542 g/mol. The van der Waals surface area contributed by atoms with Gasteiger partial charge in [-0.15, -0.1) is 0 Å². The normalized spacial score (nSPS) is 15.4. The summed E-state index contributed by atoms with van der Waals surface area (Å²) in [5, 5.41) is 0. The average molecular weight is 592 g/mol. The van der Waals surface area contributed by atoms with E-state index >= 15 is 0 Å². The number of hydrogen-bond acceptors (Lipinski definition) is 4. The summed E-state index contributed by atoms with van der Waals surface area (Å²) in [5.74, 6) is 1.13. The molecule has 1 amide bonds. The first-order chi connectivity index (χ1) is 21.1. The fourth-order valence-electron chi connectivity index (χ4n) is 6.40. The van der Waals surface area contributed by atoms with Crippen LogP contribution in [0, 0.1) is 18.3 Å². The van der Waals surface area contributed by atoms with Gasteiger partial charge in [0.05, 0.1) is 11.7 Å². The number of piperazine rings is 1. The molecule has 44 heavy (non-hydrogen) atoms. The number of rotatable bonds is 11. The third-order valence-electron chi connectivity index (χ3n) is 8.71. The third-order valence-corrected chi connectivity index (χ3v) is 8.71. The molecule has 1 aliphatic heterocycles. The van der Waals surface area contributed by atoms with E-state index in [0.29, 0.717) is 13.1 Å². The van der Waals surface area contributed by atoms with Crippen molar-refractivity contribution in [2.45, 2.75) is 47.2 Å². The van der Waals surface area contributed by atoms with Gasteiger partial charge in [0.15, 0.2) is 0 Å². The van der Waals surface area contributed by atoms with Crippen molar-refractivity contribution in [1.82, 2.24) is 24.3 Å². The van der Waals surface area contributed by atoms with Gasteiger partial charge in [0.2, 0.25) is 0 Å². The lowest BCUT2D eigenvalue weighted by Gasteiger charge is -2.43. The molecule has 6 nitrogen and oxygen atoms in total. The van der Waals surface area contributed by atoms with Gasteiger partial charge in [0, 0.05) is 63.1 Å². The van der Waals surface area contributed by atoms with Crippen LogP contribution in [0.1, 0.15) is 61.0 Å². The van der Waals surface area contributed by atoms with Crippen LogP contribution in [0.2, 0.25) is 0 Å². The summed E-state index contributed by atoms with van der Waals surface area (Å²) >= 11 is 0. The minimum atomic E-state index is -0.211. The van der Waals surface area contributed by atoms with Crippen LogP contribution in [0.3, 0.4) is 0 Å². The molecule has 0 aliphatic carbocycles. The highest BCUT2D eigenvalue weighted by Gasteiger charge is 2.37. The smallest absolute Gasteiger partial charge is 0.254 e. The van der Waals surface area contributed by atoms with Crippen LogP contribution in [0.4, 0.5) is 0 Å². The Hall–Kier alpha value is -3.74. The Balaban J connectivity index is 1.57. The second-order valence-corrected chi connectivity index (χ2v) is 13.7. The molecule has 0 N–H and O–H groups in total. The average Bonchev–Trinajstić information content (AvgIpc) is 3.41. The lowest BCUT2D eigenvalue weighted by atomic mass is 9.89. The summed E-state index contributed by atoms with van der Waals surface area (Å²) in [5.41, 5.74) is 4.97. The van der Waals surface area contributed by atoms with Gasteiger partial charge in [0.25, 0.3) is 5.91 Å². The summed E-state index contributed by atoms with van der Waals surface area (Å²) in [7, 11) is 2.19. The summed E-state index contributed by atoms with van der Waals surface area (Å²) in [6, 6.07) is 28.7. The molecule has 3 aromatic carbocycles. The Kier molecular flexibility index (Phi) is 10.0. The molecular formula is C38H49N5O. The van der Waals surface area contributed by atoms with Crippen molar-refractivity contribution in [2.75, 3.05) is 46.3 Å². The summed E-state index contributed by atoms with van der Waals surface area (Å²) in [6.45, 7) is 17.7. The van der Waals surface area contributed by atoms with E-state index < -0.39 is 0 Å². The summed E-state index contributed by atoms with van der Waals surface area (Å²) < 4.78 is 2.27. The van der Waals surface area contributed by atoms with Crippen LogP contribution in [0.15, 0.2) is 91.1 Å². The van der Waals surface area contributed by atoms with Gasteiger partial charge in [-0.3, -0.25) is 4.79 Å². The Morgan fingerprint density at radius 3 is 2.11 bits per heavy atom. The lowest BCUT2D eigenvalue weighted by molar-refractivity contribution is 0.0386. The first kappa shape index (κ1) is 31.7. The first-order valence-electron chi connectivity index (χ1n) is 16.0. The van der Waals surface area contributed by atoms with Gasteiger partial charge in [-0.25, -0.2) is 4.98 Å². The number of hydrogen-bond donors (Lipinski definition) is 0. The molecule has 4 aromatic rings. The standard InChI is InChI=1S/C38H49N5O/c1-29(2)35(36-39-34(32-15-11-8-12-16-32)26-42(36)25-31-13-9-7-10-14-31)43(37(44)33-19-17-30(3)18-20-33)28-38(4,5)27-41-23-21-40(6)22-24-41/h7-20,26,29,35H,21-25,27-28H2,1-6H3/t35-/m1/s1. The Morgan fingerprint density at radius 2 is 1.50 bits per heavy atom. The van der Waals surface area contributed by atoms with Crippen LogP contribution in [-0.2, 0) is 6.54 Å². The van der Waals surface area contributed by atoms with E-state index in [1.807, 2.05) is 30.3 Å². The zero-order valence-electron chi connectivity index (χ0n) is 27.4. The second-order valence-electron chi connectivity index (χ2n) is 13.7. The van der Waals surface area contributed by atoms with E-state index in [9.17, 15) is 4.79 Å². The molecule has 2 heterocycles. The first-order valence-corrected chi connectivity index (χ1v) is 16.0. The van der Waals surface area contributed by atoms with E-state index in [0.717, 1.165) is 60.9 Å². The molecule has 0 bridgehead atoms. The molecule has 1 fully saturated rings. The number of nitrogens with zero attached hydrogens (tertiary/aromatic N) is 5. The zero-order chi connectivity index (χ0) is 31.3. The predicted octanol–water partition coefficient (Wildman–Crippen LogP) is 7.02. The highest BCUT2D eigenvalue weighted by Crippen LogP contribution is 2.35. The minimum absolute atomic E-state index is 0.0608. The number of imidazole rings is 1. The molecule has 0 saturated carbocycles. The minimum Gasteiger partial charge on any atom is -0.328 e. The number of aryl methyl sites for hydroxylation is 1. The zero-order valence-corrected chi connectivity index (χ0v) is 27.4. The van der Waals surface area contributed by atoms with Crippen LogP contribution >= 0.6 is 0 Å². The number of aromatic nitrogens is 2. The van der Waals surface area contributed by atoms with E-state index in [1.165, 1.54) is 5.56 Å². The molecule has 6 heteroatoms. The quantitative estimate of drug-likeness (QED) is 0.188. The molecule has 1 atom stereocenters. The maximum atomic E-state index is 14.6. The summed E-state index contributed by atoms with van der Waals surface area (Å²) in [4.78, 5) is 27.0. The van der Waals surface area contributed by atoms with Gasteiger partial charge in [-0.2, -0.15) is 0 Å². The van der Waals surface area contributed by atoms with Crippen molar-refractivity contribution < 1.29 is 4.79 Å². The topological polar surface area (TPSA) is 44.6 Å². The van der Waals surface area contributed by atoms with E-state index in [2.05, 4.69) is 122 Å². The van der Waals surface area contributed by atoms with Crippen molar-refractivity contribution >= 4 is 5.91 Å². The van der Waals surface area contributed by atoms with Crippen LogP contribution in [0.5, 0.6) is 0 Å². The van der Waals surface area contributed by atoms with Gasteiger partial charge < -0.3 is 19.3 Å². The van der Waals surface area contributed by atoms with Gasteiger partial charge in [-0.1, -0.05) is 106 Å². The van der Waals surface area contributed by atoms with Crippen molar-refractivity contribution in [3.63, 3.8) is 0 Å². The number of carbonyl (C=O) groups is 1. The van der Waals surface area contributed by atoms with Crippen LogP contribution < -0.4 is 0 Å². The number of benzene rings is 3. The van der Waals surface area contributed by atoms with E-state index in [-0.39, 0.29) is 23.3 Å². The Bertz CT molecular complexity index is 1490. The molecule has 0 spiro atoms. The van der Waals surface area contributed by atoms with Gasteiger partial charge in [-0.05, 0) is 43.0 Å². The lowest BCUT2D eigenvalue weighted by Crippen LogP contribution is -2.51. The Labute approximate surface area is 264 Å². The number of amides is 1. The monoisotopic (exact) mass is 591 g/mol. The molecule has 0 radical (unpaired) electrons. The van der Waals surface area contributed by atoms with Crippen molar-refractivity contribution in [3.05, 3.63) is 114 Å². The fourth-order valence-corrected chi connectivity index (χ4v) is 6.40. The fraction of sp³-hybridized carbons (Fsp3) is 0.421. The molecule has 232 valence electrons. The summed E-state index contributed by atoms with van der Waals surface area (Å²) in [6.07, 6.45) is 2.16. The highest BCUT2D eigenvalue weighted by atomic mass is 16.2. The van der Waals surface area contributed by atoms with Gasteiger partial charge in [0.1, 0.15) is 5.82 Å². The molecule has 1 saturated heterocycles. The van der Waals surface area contributed by atoms with E-state index in [4.69, 9.17) is 4.98 Å². The Morgan fingerprint density at radius 1 is 0.886 bits per heavy atom. The van der Waals surface area contributed by atoms with Crippen molar-refractivity contribution in [2.24, 2.45) is 11.3 Å². The predicted molar refractivity (Wildman–Crippen MR) is 181 cm³/mol. The molecule has 1 aliphatic rings. The maximum absolute atomic E-state index is 14.6. The van der Waals surface area contributed by atoms with Crippen molar-refractivity contribution in [1.29, 1.82) is 0 Å². The van der Waals surface area contributed by atoms with Crippen LogP contribution in [0.25, 0.3) is 11.3 Å². The SMILES string of the molecule is Cc1ccc(C(=O)N(CC(C)(C)CN2CCN(C)CC2)[C@@H](c2nc(-c3ccccc3)cn2Cc2ccccc2)C(C)C)cc1. The van der Waals surface area contributed by atoms with Gasteiger partial charge >= 0.3 is 0 Å². The maximum Gasteiger partial charge on any atom is 0.254 e. The molecule has 1 aromatic heterocycles. The number of likely N-dealkylation sites (N-methyl/N-ethyl adjacent to an activating group) is 1. The van der Waals surface area contributed by atoms with Crippen LogP contribution in [-0.4, -0.2) is 76.5 Å². The third kappa shape index (κ3) is 7.85.